The lowest BCUT2D eigenvalue weighted by atomic mass is 10.0. The molecule has 2 nitrogen and oxygen atoms in total. The average Bonchev–Trinajstić information content (AvgIpc) is 2.78. The summed E-state index contributed by atoms with van der Waals surface area (Å²) in [6.07, 6.45) is 0.314. The minimum atomic E-state index is -2.59. The molecule has 1 heterocycles. The summed E-state index contributed by atoms with van der Waals surface area (Å²) in [4.78, 5) is 0. The molecule has 0 spiro atoms. The molecule has 0 aliphatic carbocycles. The summed E-state index contributed by atoms with van der Waals surface area (Å²) in [6.45, 7) is 8.22. The van der Waals surface area contributed by atoms with Crippen LogP contribution < -0.4 is 10.0 Å². The van der Waals surface area contributed by atoms with Crippen LogP contribution in [0, 0.1) is 6.92 Å². The second kappa shape index (κ2) is 4.74. The summed E-state index contributed by atoms with van der Waals surface area (Å²) in [5, 5.41) is 0.628. The van der Waals surface area contributed by atoms with Crippen LogP contribution in [0.15, 0.2) is 42.5 Å². The lowest BCUT2D eigenvalue weighted by Gasteiger charge is -2.28. The van der Waals surface area contributed by atoms with Gasteiger partial charge in [0.2, 0.25) is 0 Å². The van der Waals surface area contributed by atoms with Gasteiger partial charge in [0, 0.05) is 5.16 Å². The Labute approximate surface area is 126 Å². The van der Waals surface area contributed by atoms with Crippen LogP contribution in [0.2, 0.25) is 0 Å². The van der Waals surface area contributed by atoms with Gasteiger partial charge in [0.25, 0.3) is 0 Å². The van der Waals surface area contributed by atoms with Gasteiger partial charge in [0.05, 0.1) is 5.30 Å². The van der Waals surface area contributed by atoms with E-state index in [0.29, 0.717) is 6.35 Å². The fourth-order valence-electron chi connectivity index (χ4n) is 2.86. The highest BCUT2D eigenvalue weighted by Crippen LogP contribution is 2.62. The molecule has 1 aliphatic rings. The molecular formula is C18H21O2P. The minimum absolute atomic E-state index is 0.295. The van der Waals surface area contributed by atoms with E-state index in [0.717, 1.165) is 22.2 Å². The van der Waals surface area contributed by atoms with Crippen molar-refractivity contribution in [1.82, 2.24) is 0 Å². The molecule has 0 unspecified atom stereocenters. The van der Waals surface area contributed by atoms with Gasteiger partial charge in [-0.2, -0.15) is 0 Å². The van der Waals surface area contributed by atoms with Gasteiger partial charge in [-0.05, 0) is 29.7 Å². The monoisotopic (exact) mass is 300 g/mol. The first-order chi connectivity index (χ1) is 9.84. The zero-order valence-electron chi connectivity index (χ0n) is 13.0. The third kappa shape index (κ3) is 2.13. The van der Waals surface area contributed by atoms with Crippen LogP contribution in [0.1, 0.15) is 26.3 Å². The van der Waals surface area contributed by atoms with Gasteiger partial charge in [-0.25, -0.2) is 0 Å². The maximum Gasteiger partial charge on any atom is 0.160 e. The van der Waals surface area contributed by atoms with Crippen LogP contribution in [-0.2, 0) is 4.57 Å². The largest absolute Gasteiger partial charge is 0.485 e. The molecule has 3 rings (SSSR count). The molecule has 21 heavy (non-hydrogen) atoms. The van der Waals surface area contributed by atoms with Crippen molar-refractivity contribution in [1.29, 1.82) is 0 Å². The van der Waals surface area contributed by atoms with E-state index < -0.39 is 7.14 Å². The molecule has 0 aromatic heterocycles. The number of hydrogen-bond acceptors (Lipinski definition) is 2. The molecule has 0 bridgehead atoms. The van der Waals surface area contributed by atoms with Crippen molar-refractivity contribution in [2.45, 2.75) is 32.9 Å². The lowest BCUT2D eigenvalue weighted by molar-refractivity contribution is 0.389. The van der Waals surface area contributed by atoms with Crippen LogP contribution >= 0.6 is 7.14 Å². The highest BCUT2D eigenvalue weighted by molar-refractivity contribution is 7.73. The van der Waals surface area contributed by atoms with E-state index in [1.165, 1.54) is 5.56 Å². The maximum absolute atomic E-state index is 13.6. The van der Waals surface area contributed by atoms with Gasteiger partial charge >= 0.3 is 0 Å². The standard InChI is InChI=1S/C18H21O2P/c1-13-8-5-6-9-14(13)15-10-7-11-16-17(15)21(19,12-20-16)18(2,3)4/h5-11H,12H2,1-4H3/t21-/m1/s1. The number of hydrogen-bond donors (Lipinski definition) is 0. The Balaban J connectivity index is 2.31. The van der Waals surface area contributed by atoms with Crippen LogP contribution in [0.4, 0.5) is 0 Å². The molecule has 0 amide bonds. The zero-order valence-corrected chi connectivity index (χ0v) is 13.9. The van der Waals surface area contributed by atoms with E-state index in [9.17, 15) is 4.57 Å². The summed E-state index contributed by atoms with van der Waals surface area (Å²) in [5.41, 5.74) is 3.39. The second-order valence-corrected chi connectivity index (χ2v) is 10.2. The predicted molar refractivity (Wildman–Crippen MR) is 89.1 cm³/mol. The Morgan fingerprint density at radius 1 is 1.00 bits per heavy atom. The van der Waals surface area contributed by atoms with E-state index in [-0.39, 0.29) is 5.16 Å². The van der Waals surface area contributed by atoms with Gasteiger partial charge < -0.3 is 9.30 Å². The Hall–Kier alpha value is -1.53. The van der Waals surface area contributed by atoms with Crippen molar-refractivity contribution < 1.29 is 9.30 Å². The summed E-state index contributed by atoms with van der Waals surface area (Å²) in [7, 11) is -2.59. The molecule has 0 saturated heterocycles. The molecule has 110 valence electrons. The summed E-state index contributed by atoms with van der Waals surface area (Å²) in [6, 6.07) is 14.2. The van der Waals surface area contributed by atoms with Crippen molar-refractivity contribution in [3.8, 4) is 16.9 Å². The third-order valence-corrected chi connectivity index (χ3v) is 8.12. The van der Waals surface area contributed by atoms with Gasteiger partial charge in [0.1, 0.15) is 12.1 Å². The first-order valence-electron chi connectivity index (χ1n) is 7.26. The average molecular weight is 300 g/mol. The fraction of sp³-hybridized carbons (Fsp3) is 0.333. The molecule has 2 aromatic carbocycles. The molecule has 0 radical (unpaired) electrons. The number of fused-ring (bicyclic) bond motifs is 1. The minimum Gasteiger partial charge on any atom is -0.485 e. The van der Waals surface area contributed by atoms with E-state index in [4.69, 9.17) is 4.74 Å². The Morgan fingerprint density at radius 2 is 1.67 bits per heavy atom. The van der Waals surface area contributed by atoms with Gasteiger partial charge in [-0.15, -0.1) is 0 Å². The zero-order chi connectivity index (χ0) is 15.3. The maximum atomic E-state index is 13.6. The van der Waals surface area contributed by atoms with Crippen molar-refractivity contribution >= 4 is 12.4 Å². The third-order valence-electron chi connectivity index (χ3n) is 4.28. The van der Waals surface area contributed by atoms with Crippen molar-refractivity contribution in [2.24, 2.45) is 0 Å². The normalized spacial score (nSPS) is 21.0. The molecule has 1 aliphatic heterocycles. The SMILES string of the molecule is Cc1ccccc1-c1cccc2c1[P@@](=O)(C(C)(C)C)CO2. The van der Waals surface area contributed by atoms with E-state index in [1.54, 1.807) is 0 Å². The first kappa shape index (κ1) is 14.4. The molecule has 1 atom stereocenters. The first-order valence-corrected chi connectivity index (χ1v) is 9.15. The molecular weight excluding hydrogens is 279 g/mol. The molecule has 0 N–H and O–H groups in total. The Bertz CT molecular complexity index is 741. The van der Waals surface area contributed by atoms with Crippen LogP contribution in [0.25, 0.3) is 11.1 Å². The van der Waals surface area contributed by atoms with Crippen LogP contribution in [-0.4, -0.2) is 11.5 Å². The smallest absolute Gasteiger partial charge is 0.160 e. The van der Waals surface area contributed by atoms with Crippen LogP contribution in [0.5, 0.6) is 5.75 Å². The number of aryl methyl sites for hydroxylation is 1. The highest BCUT2D eigenvalue weighted by atomic mass is 31.2. The number of benzene rings is 2. The Kier molecular flexibility index (Phi) is 3.26. The topological polar surface area (TPSA) is 26.3 Å². The number of rotatable bonds is 1. The molecule has 0 fully saturated rings. The summed E-state index contributed by atoms with van der Waals surface area (Å²) < 4.78 is 19.4. The van der Waals surface area contributed by atoms with E-state index >= 15 is 0 Å². The van der Waals surface area contributed by atoms with Crippen molar-refractivity contribution in [3.05, 3.63) is 48.0 Å². The van der Waals surface area contributed by atoms with E-state index in [1.807, 2.05) is 45.0 Å². The summed E-state index contributed by atoms with van der Waals surface area (Å²) in [5.74, 6) is 0.786. The van der Waals surface area contributed by atoms with E-state index in [2.05, 4.69) is 25.1 Å². The fourth-order valence-corrected chi connectivity index (χ4v) is 5.45. The lowest BCUT2D eigenvalue weighted by Crippen LogP contribution is -2.23. The van der Waals surface area contributed by atoms with Crippen molar-refractivity contribution in [3.63, 3.8) is 0 Å². The van der Waals surface area contributed by atoms with Gasteiger partial charge in [-0.3, -0.25) is 0 Å². The predicted octanol–water partition coefficient (Wildman–Crippen LogP) is 4.80. The van der Waals surface area contributed by atoms with Crippen LogP contribution in [0.3, 0.4) is 0 Å². The quantitative estimate of drug-likeness (QED) is 0.707. The molecule has 2 aromatic rings. The summed E-state index contributed by atoms with van der Waals surface area (Å²) >= 11 is 0. The highest BCUT2D eigenvalue weighted by Gasteiger charge is 2.46. The number of ether oxygens (including phenoxy) is 1. The Morgan fingerprint density at radius 3 is 2.33 bits per heavy atom. The second-order valence-electron chi connectivity index (χ2n) is 6.65. The van der Waals surface area contributed by atoms with Gasteiger partial charge in [-0.1, -0.05) is 57.2 Å². The molecule has 3 heteroatoms. The van der Waals surface area contributed by atoms with Gasteiger partial charge in [0.15, 0.2) is 7.14 Å². The van der Waals surface area contributed by atoms with Crippen molar-refractivity contribution in [2.75, 3.05) is 6.35 Å². The molecule has 0 saturated carbocycles.